The van der Waals surface area contributed by atoms with Crippen LogP contribution in [0.1, 0.15) is 21.5 Å². The fourth-order valence-corrected chi connectivity index (χ4v) is 2.97. The van der Waals surface area contributed by atoms with E-state index in [1.54, 1.807) is 16.2 Å². The fourth-order valence-electron chi connectivity index (χ4n) is 1.74. The topological polar surface area (TPSA) is 20.3 Å². The highest BCUT2D eigenvalue weighted by Crippen LogP contribution is 2.20. The van der Waals surface area contributed by atoms with Gasteiger partial charge in [-0.1, -0.05) is 34.1 Å². The molecule has 0 saturated carbocycles. The molecule has 0 saturated heterocycles. The molecule has 0 spiro atoms. The Bertz CT molecular complexity index is 564. The molecule has 0 unspecified atom stereocenters. The van der Waals surface area contributed by atoms with Gasteiger partial charge in [-0.25, -0.2) is 0 Å². The maximum atomic E-state index is 12.3. The van der Waals surface area contributed by atoms with Gasteiger partial charge >= 0.3 is 0 Å². The van der Waals surface area contributed by atoms with E-state index in [9.17, 15) is 4.79 Å². The maximum absolute atomic E-state index is 12.3. The number of aryl methyl sites for hydroxylation is 1. The molecule has 0 bridgehead atoms. The first kappa shape index (κ1) is 13.3. The van der Waals surface area contributed by atoms with Crippen LogP contribution in [0.5, 0.6) is 0 Å². The van der Waals surface area contributed by atoms with E-state index in [1.807, 2.05) is 49.0 Å². The minimum Gasteiger partial charge on any atom is -0.337 e. The molecule has 1 aromatic carbocycles. The summed E-state index contributed by atoms with van der Waals surface area (Å²) in [6.45, 7) is 2.57. The van der Waals surface area contributed by atoms with Gasteiger partial charge in [0.1, 0.15) is 0 Å². The summed E-state index contributed by atoms with van der Waals surface area (Å²) in [5, 5.41) is 3.91. The zero-order chi connectivity index (χ0) is 13.1. The lowest BCUT2D eigenvalue weighted by Gasteiger charge is -2.18. The van der Waals surface area contributed by atoms with Crippen molar-refractivity contribution in [2.75, 3.05) is 7.05 Å². The number of thiophene rings is 1. The van der Waals surface area contributed by atoms with E-state index in [0.29, 0.717) is 6.54 Å². The number of benzene rings is 1. The number of rotatable bonds is 3. The summed E-state index contributed by atoms with van der Waals surface area (Å²) in [4.78, 5) is 14.0. The minimum absolute atomic E-state index is 0.0736. The van der Waals surface area contributed by atoms with Crippen molar-refractivity contribution in [3.8, 4) is 0 Å². The van der Waals surface area contributed by atoms with E-state index in [4.69, 9.17) is 0 Å². The average Bonchev–Trinajstić information content (AvgIpc) is 2.77. The van der Waals surface area contributed by atoms with Gasteiger partial charge in [-0.2, -0.15) is 11.3 Å². The van der Waals surface area contributed by atoms with Crippen molar-refractivity contribution in [2.45, 2.75) is 13.5 Å². The smallest absolute Gasteiger partial charge is 0.255 e. The predicted octanol–water partition coefficient (Wildman–Crippen LogP) is 4.09. The highest BCUT2D eigenvalue weighted by molar-refractivity contribution is 9.10. The third kappa shape index (κ3) is 2.82. The monoisotopic (exact) mass is 323 g/mol. The molecule has 0 atom stereocenters. The van der Waals surface area contributed by atoms with Crippen molar-refractivity contribution >= 4 is 33.2 Å². The molecule has 0 aliphatic carbocycles. The number of hydrogen-bond donors (Lipinski definition) is 0. The first-order chi connectivity index (χ1) is 8.59. The number of carbonyl (C=O) groups is 1. The quantitative estimate of drug-likeness (QED) is 0.833. The molecule has 0 radical (unpaired) electrons. The van der Waals surface area contributed by atoms with Crippen molar-refractivity contribution in [3.05, 3.63) is 56.2 Å². The predicted molar refractivity (Wildman–Crippen MR) is 79.0 cm³/mol. The summed E-state index contributed by atoms with van der Waals surface area (Å²) in [5.41, 5.74) is 2.96. The number of hydrogen-bond acceptors (Lipinski definition) is 2. The van der Waals surface area contributed by atoms with Crippen LogP contribution in [-0.2, 0) is 6.54 Å². The lowest BCUT2D eigenvalue weighted by Crippen LogP contribution is -2.26. The van der Waals surface area contributed by atoms with E-state index in [-0.39, 0.29) is 5.91 Å². The highest BCUT2D eigenvalue weighted by Gasteiger charge is 2.15. The van der Waals surface area contributed by atoms with Gasteiger partial charge in [-0.3, -0.25) is 4.79 Å². The summed E-state index contributed by atoms with van der Waals surface area (Å²) < 4.78 is 1.03. The van der Waals surface area contributed by atoms with Crippen molar-refractivity contribution in [1.29, 1.82) is 0 Å². The van der Waals surface area contributed by atoms with Gasteiger partial charge < -0.3 is 4.90 Å². The van der Waals surface area contributed by atoms with Gasteiger partial charge in [0, 0.05) is 23.4 Å². The molecule has 2 aromatic rings. The Kier molecular flexibility index (Phi) is 4.19. The van der Waals surface area contributed by atoms with Crippen molar-refractivity contribution in [1.82, 2.24) is 4.90 Å². The molecule has 1 aromatic heterocycles. The third-order valence-electron chi connectivity index (χ3n) is 2.80. The van der Waals surface area contributed by atoms with E-state index in [1.165, 1.54) is 0 Å². The lowest BCUT2D eigenvalue weighted by atomic mass is 10.1. The maximum Gasteiger partial charge on any atom is 0.255 e. The molecular weight excluding hydrogens is 310 g/mol. The number of nitrogens with zero attached hydrogens (tertiary/aromatic N) is 1. The molecular formula is C14H14BrNOS. The molecule has 4 heteroatoms. The Morgan fingerprint density at radius 3 is 2.67 bits per heavy atom. The number of carbonyl (C=O) groups excluding carboxylic acids is 1. The number of amides is 1. The lowest BCUT2D eigenvalue weighted by molar-refractivity contribution is 0.0784. The third-order valence-corrected chi connectivity index (χ3v) is 4.43. The van der Waals surface area contributed by atoms with Crippen LogP contribution in [0.15, 0.2) is 39.5 Å². The number of halogens is 1. The van der Waals surface area contributed by atoms with Crippen LogP contribution in [0.25, 0.3) is 0 Å². The molecule has 0 aliphatic rings. The molecule has 18 heavy (non-hydrogen) atoms. The Balaban J connectivity index is 2.14. The molecule has 0 aliphatic heterocycles. The van der Waals surface area contributed by atoms with Crippen LogP contribution < -0.4 is 0 Å². The summed E-state index contributed by atoms with van der Waals surface area (Å²) in [5.74, 6) is 0.0736. The molecule has 0 fully saturated rings. The first-order valence-corrected chi connectivity index (χ1v) is 7.35. The normalized spacial score (nSPS) is 10.4. The second-order valence-corrected chi connectivity index (χ2v) is 5.82. The SMILES string of the molecule is Cc1cscc1C(=O)N(C)Cc1ccccc1Br. The van der Waals surface area contributed by atoms with Crippen LogP contribution >= 0.6 is 27.3 Å². The van der Waals surface area contributed by atoms with Gasteiger partial charge in [0.25, 0.3) is 5.91 Å². The average molecular weight is 324 g/mol. The summed E-state index contributed by atoms with van der Waals surface area (Å²) in [6.07, 6.45) is 0. The van der Waals surface area contributed by atoms with Crippen molar-refractivity contribution in [2.24, 2.45) is 0 Å². The minimum atomic E-state index is 0.0736. The van der Waals surface area contributed by atoms with Crippen LogP contribution in [0.3, 0.4) is 0 Å². The van der Waals surface area contributed by atoms with E-state index in [2.05, 4.69) is 15.9 Å². The zero-order valence-corrected chi connectivity index (χ0v) is 12.7. The van der Waals surface area contributed by atoms with Crippen LogP contribution in [-0.4, -0.2) is 17.9 Å². The van der Waals surface area contributed by atoms with Gasteiger partial charge in [0.05, 0.1) is 5.56 Å². The van der Waals surface area contributed by atoms with Crippen molar-refractivity contribution < 1.29 is 4.79 Å². The second kappa shape index (κ2) is 5.67. The zero-order valence-electron chi connectivity index (χ0n) is 10.3. The first-order valence-electron chi connectivity index (χ1n) is 5.61. The standard InChI is InChI=1S/C14H14BrNOS/c1-10-8-18-9-12(10)14(17)16(2)7-11-5-3-4-6-13(11)15/h3-6,8-9H,7H2,1-2H3. The van der Waals surface area contributed by atoms with Gasteiger partial charge in [0.2, 0.25) is 0 Å². The molecule has 0 N–H and O–H groups in total. The molecule has 1 amide bonds. The Labute approximate surface area is 119 Å². The van der Waals surface area contributed by atoms with E-state index in [0.717, 1.165) is 21.2 Å². The molecule has 2 nitrogen and oxygen atoms in total. The Hall–Kier alpha value is -1.13. The van der Waals surface area contributed by atoms with Crippen LogP contribution in [0.4, 0.5) is 0 Å². The highest BCUT2D eigenvalue weighted by atomic mass is 79.9. The summed E-state index contributed by atoms with van der Waals surface area (Å²) in [6, 6.07) is 7.96. The van der Waals surface area contributed by atoms with Gasteiger partial charge in [-0.15, -0.1) is 0 Å². The summed E-state index contributed by atoms with van der Waals surface area (Å²) >= 11 is 5.07. The second-order valence-electron chi connectivity index (χ2n) is 4.22. The van der Waals surface area contributed by atoms with Crippen LogP contribution in [0, 0.1) is 6.92 Å². The largest absolute Gasteiger partial charge is 0.337 e. The van der Waals surface area contributed by atoms with E-state index >= 15 is 0 Å². The Morgan fingerprint density at radius 1 is 1.33 bits per heavy atom. The van der Waals surface area contributed by atoms with Gasteiger partial charge in [-0.05, 0) is 29.5 Å². The van der Waals surface area contributed by atoms with Crippen LogP contribution in [0.2, 0.25) is 0 Å². The molecule has 1 heterocycles. The fraction of sp³-hybridized carbons (Fsp3) is 0.214. The van der Waals surface area contributed by atoms with Crippen molar-refractivity contribution in [3.63, 3.8) is 0 Å². The molecule has 2 rings (SSSR count). The molecule has 94 valence electrons. The van der Waals surface area contributed by atoms with Gasteiger partial charge in [0.15, 0.2) is 0 Å². The Morgan fingerprint density at radius 2 is 2.06 bits per heavy atom. The summed E-state index contributed by atoms with van der Waals surface area (Å²) in [7, 11) is 1.83. The van der Waals surface area contributed by atoms with E-state index < -0.39 is 0 Å².